The van der Waals surface area contributed by atoms with Gasteiger partial charge in [-0.15, -0.1) is 6.58 Å². The van der Waals surface area contributed by atoms with E-state index in [1.807, 2.05) is 18.2 Å². The van der Waals surface area contributed by atoms with Crippen molar-refractivity contribution in [2.45, 2.75) is 13.0 Å². The summed E-state index contributed by atoms with van der Waals surface area (Å²) in [5, 5.41) is 4.86. The first kappa shape index (κ1) is 23.9. The summed E-state index contributed by atoms with van der Waals surface area (Å²) in [5.74, 6) is -0.0206. The van der Waals surface area contributed by atoms with E-state index in [4.69, 9.17) is 9.15 Å². The summed E-state index contributed by atoms with van der Waals surface area (Å²) in [5.41, 5.74) is 5.13. The Hall–Kier alpha value is -3.23. The van der Waals surface area contributed by atoms with Crippen molar-refractivity contribution in [3.8, 4) is 5.75 Å². The first-order valence-corrected chi connectivity index (χ1v) is 11.8. The number of hydrogen-bond donors (Lipinski definition) is 1. The van der Waals surface area contributed by atoms with Gasteiger partial charge in [0.1, 0.15) is 23.8 Å². The van der Waals surface area contributed by atoms with Crippen molar-refractivity contribution < 1.29 is 18.3 Å². The van der Waals surface area contributed by atoms with Crippen LogP contribution in [0.1, 0.15) is 27.2 Å². The Morgan fingerprint density at radius 3 is 2.74 bits per heavy atom. The van der Waals surface area contributed by atoms with Gasteiger partial charge in [0.05, 0.1) is 10.7 Å². The molecule has 4 aromatic rings. The number of halogens is 3. The Morgan fingerprint density at radius 2 is 1.94 bits per heavy atom. The molecule has 8 heteroatoms. The molecular formula is C26H19Br2FN2O3. The zero-order chi connectivity index (χ0) is 24.1. The maximum atomic E-state index is 13.9. The molecule has 0 atom stereocenters. The maximum absolute atomic E-state index is 13.9. The lowest BCUT2D eigenvalue weighted by Gasteiger charge is -2.14. The third kappa shape index (κ3) is 5.63. The number of allylic oxidation sites excluding steroid dienone is 1. The number of nitrogens with one attached hydrogen (secondary N) is 1. The zero-order valence-corrected chi connectivity index (χ0v) is 21.0. The lowest BCUT2D eigenvalue weighted by molar-refractivity contribution is 0.0929. The van der Waals surface area contributed by atoms with Crippen LogP contribution in [0.5, 0.6) is 5.75 Å². The number of hydrazone groups is 1. The van der Waals surface area contributed by atoms with Gasteiger partial charge in [-0.25, -0.2) is 9.82 Å². The SMILES string of the molecule is C=CCc1cc(/C=N/NC(=O)c2cc3cc(Br)ccc3o2)cc(Br)c1OCc1ccccc1F. The Labute approximate surface area is 212 Å². The minimum Gasteiger partial charge on any atom is -0.487 e. The number of carbonyl (C=O) groups is 1. The first-order chi connectivity index (χ1) is 16.4. The van der Waals surface area contributed by atoms with E-state index in [1.165, 1.54) is 12.3 Å². The molecule has 0 bridgehead atoms. The van der Waals surface area contributed by atoms with Crippen molar-refractivity contribution in [2.75, 3.05) is 0 Å². The molecule has 34 heavy (non-hydrogen) atoms. The molecule has 0 spiro atoms. The second kappa shape index (κ2) is 10.8. The maximum Gasteiger partial charge on any atom is 0.307 e. The van der Waals surface area contributed by atoms with E-state index in [-0.39, 0.29) is 18.2 Å². The van der Waals surface area contributed by atoms with E-state index in [0.717, 1.165) is 21.0 Å². The Balaban J connectivity index is 1.48. The van der Waals surface area contributed by atoms with Crippen LogP contribution in [0.2, 0.25) is 0 Å². The molecule has 1 N–H and O–H groups in total. The largest absolute Gasteiger partial charge is 0.487 e. The number of benzene rings is 3. The molecular weight excluding hydrogens is 567 g/mol. The fraction of sp³-hybridized carbons (Fsp3) is 0.0769. The quantitative estimate of drug-likeness (QED) is 0.135. The third-order valence-electron chi connectivity index (χ3n) is 4.92. The second-order valence-electron chi connectivity index (χ2n) is 7.36. The molecule has 0 radical (unpaired) electrons. The van der Waals surface area contributed by atoms with Gasteiger partial charge in [0.15, 0.2) is 5.76 Å². The predicted molar refractivity (Wildman–Crippen MR) is 138 cm³/mol. The summed E-state index contributed by atoms with van der Waals surface area (Å²) in [6.45, 7) is 3.89. The van der Waals surface area contributed by atoms with Gasteiger partial charge < -0.3 is 9.15 Å². The van der Waals surface area contributed by atoms with Crippen molar-refractivity contribution in [1.29, 1.82) is 0 Å². The van der Waals surface area contributed by atoms with Crippen LogP contribution < -0.4 is 10.2 Å². The molecule has 1 heterocycles. The van der Waals surface area contributed by atoms with E-state index in [9.17, 15) is 9.18 Å². The summed E-state index contributed by atoms with van der Waals surface area (Å²) in [4.78, 5) is 12.4. The fourth-order valence-corrected chi connectivity index (χ4v) is 4.34. The summed E-state index contributed by atoms with van der Waals surface area (Å²) in [7, 11) is 0. The average molecular weight is 586 g/mol. The highest BCUT2D eigenvalue weighted by Gasteiger charge is 2.13. The Kier molecular flexibility index (Phi) is 7.59. The number of rotatable bonds is 8. The van der Waals surface area contributed by atoms with Gasteiger partial charge in [-0.1, -0.05) is 40.2 Å². The molecule has 172 valence electrons. The highest BCUT2D eigenvalue weighted by Crippen LogP contribution is 2.32. The number of carbonyl (C=O) groups excluding carboxylic acids is 1. The van der Waals surface area contributed by atoms with Gasteiger partial charge in [0, 0.05) is 15.4 Å². The minimum atomic E-state index is -0.459. The van der Waals surface area contributed by atoms with Crippen LogP contribution in [-0.4, -0.2) is 12.1 Å². The van der Waals surface area contributed by atoms with Gasteiger partial charge in [-0.3, -0.25) is 4.79 Å². The van der Waals surface area contributed by atoms with Crippen molar-refractivity contribution in [2.24, 2.45) is 5.10 Å². The highest BCUT2D eigenvalue weighted by atomic mass is 79.9. The van der Waals surface area contributed by atoms with Gasteiger partial charge >= 0.3 is 5.91 Å². The molecule has 3 aromatic carbocycles. The predicted octanol–water partition coefficient (Wildman–Crippen LogP) is 7.17. The molecule has 0 aliphatic heterocycles. The molecule has 0 saturated heterocycles. The monoisotopic (exact) mass is 584 g/mol. The number of amides is 1. The van der Waals surface area contributed by atoms with E-state index in [1.54, 1.807) is 42.5 Å². The van der Waals surface area contributed by atoms with E-state index in [0.29, 0.717) is 27.8 Å². The van der Waals surface area contributed by atoms with Crippen LogP contribution in [0, 0.1) is 5.82 Å². The van der Waals surface area contributed by atoms with Crippen molar-refractivity contribution >= 4 is 55.0 Å². The van der Waals surface area contributed by atoms with Crippen LogP contribution in [0.3, 0.4) is 0 Å². The topological polar surface area (TPSA) is 63.8 Å². The number of nitrogens with zero attached hydrogens (tertiary/aromatic N) is 1. The van der Waals surface area contributed by atoms with E-state index < -0.39 is 5.91 Å². The molecule has 0 fully saturated rings. The molecule has 0 aliphatic rings. The number of fused-ring (bicyclic) bond motifs is 1. The van der Waals surface area contributed by atoms with Crippen molar-refractivity contribution in [3.05, 3.63) is 111 Å². The summed E-state index contributed by atoms with van der Waals surface area (Å²) >= 11 is 6.92. The molecule has 0 saturated carbocycles. The van der Waals surface area contributed by atoms with Gasteiger partial charge in [0.25, 0.3) is 0 Å². The third-order valence-corrected chi connectivity index (χ3v) is 6.00. The standard InChI is InChI=1S/C26H19Br2FN2O3/c1-2-5-17-10-16(11-21(28)25(17)33-15-18-6-3-4-7-22(18)29)14-30-31-26(32)24-13-19-12-20(27)8-9-23(19)34-24/h2-4,6-14H,1,5,15H2,(H,31,32)/b30-14+. The molecule has 0 aliphatic carbocycles. The summed E-state index contributed by atoms with van der Waals surface area (Å²) in [6.07, 6.45) is 3.81. The van der Waals surface area contributed by atoms with Gasteiger partial charge in [-0.05, 0) is 75.9 Å². The minimum absolute atomic E-state index is 0.0903. The van der Waals surface area contributed by atoms with Crippen molar-refractivity contribution in [3.63, 3.8) is 0 Å². The highest BCUT2D eigenvalue weighted by molar-refractivity contribution is 9.10. The number of hydrogen-bond acceptors (Lipinski definition) is 4. The Morgan fingerprint density at radius 1 is 1.12 bits per heavy atom. The summed E-state index contributed by atoms with van der Waals surface area (Å²) < 4.78 is 27.0. The van der Waals surface area contributed by atoms with Crippen molar-refractivity contribution in [1.82, 2.24) is 5.43 Å². The second-order valence-corrected chi connectivity index (χ2v) is 9.13. The number of ether oxygens (including phenoxy) is 1. The summed E-state index contributed by atoms with van der Waals surface area (Å²) in [6, 6.07) is 17.3. The number of furan rings is 1. The van der Waals surface area contributed by atoms with Crippen LogP contribution >= 0.6 is 31.9 Å². The van der Waals surface area contributed by atoms with Gasteiger partial charge in [-0.2, -0.15) is 5.10 Å². The smallest absolute Gasteiger partial charge is 0.307 e. The average Bonchev–Trinajstić information content (AvgIpc) is 3.23. The van der Waals surface area contributed by atoms with Gasteiger partial charge in [0.2, 0.25) is 0 Å². The molecule has 1 aromatic heterocycles. The first-order valence-electron chi connectivity index (χ1n) is 10.3. The lowest BCUT2D eigenvalue weighted by Crippen LogP contribution is -2.16. The molecule has 1 amide bonds. The Bertz CT molecular complexity index is 1400. The van der Waals surface area contributed by atoms with E-state index >= 15 is 0 Å². The normalized spacial score (nSPS) is 11.1. The fourth-order valence-electron chi connectivity index (χ4n) is 3.33. The lowest BCUT2D eigenvalue weighted by atomic mass is 10.1. The molecule has 0 unspecified atom stereocenters. The molecule has 4 rings (SSSR count). The van der Waals surface area contributed by atoms with Crippen LogP contribution in [0.25, 0.3) is 11.0 Å². The van der Waals surface area contributed by atoms with Crippen LogP contribution in [0.15, 0.2) is 91.8 Å². The van der Waals surface area contributed by atoms with E-state index in [2.05, 4.69) is 49.0 Å². The molecule has 5 nitrogen and oxygen atoms in total. The zero-order valence-electron chi connectivity index (χ0n) is 17.9. The van der Waals surface area contributed by atoms with Crippen LogP contribution in [0.4, 0.5) is 4.39 Å². The van der Waals surface area contributed by atoms with Crippen LogP contribution in [-0.2, 0) is 13.0 Å².